The van der Waals surface area contributed by atoms with E-state index >= 15 is 0 Å². The third-order valence-electron chi connectivity index (χ3n) is 2.39. The van der Waals surface area contributed by atoms with Gasteiger partial charge in [0.15, 0.2) is 0 Å². The molecule has 0 saturated carbocycles. The van der Waals surface area contributed by atoms with E-state index in [0.717, 1.165) is 0 Å². The minimum Gasteiger partial charge on any atom is -0.481 e. The van der Waals surface area contributed by atoms with Crippen molar-refractivity contribution in [2.75, 3.05) is 13.1 Å². The molecule has 122 valence electrons. The first-order chi connectivity index (χ1) is 9.70. The zero-order valence-corrected chi connectivity index (χ0v) is 13.0. The molecule has 0 atom stereocenters. The second-order valence-corrected chi connectivity index (χ2v) is 5.73. The molecule has 7 heteroatoms. The maximum absolute atomic E-state index is 11.4. The zero-order chi connectivity index (χ0) is 16.3. The van der Waals surface area contributed by atoms with Crippen molar-refractivity contribution < 1.29 is 24.2 Å². The highest BCUT2D eigenvalue weighted by Crippen LogP contribution is 2.06. The summed E-state index contributed by atoms with van der Waals surface area (Å²) in [7, 11) is 0. The van der Waals surface area contributed by atoms with E-state index in [1.165, 1.54) is 0 Å². The minimum atomic E-state index is -0.824. The van der Waals surface area contributed by atoms with E-state index in [0.29, 0.717) is 38.8 Å². The summed E-state index contributed by atoms with van der Waals surface area (Å²) in [5, 5.41) is 13.7. The highest BCUT2D eigenvalue weighted by atomic mass is 16.6. The van der Waals surface area contributed by atoms with Gasteiger partial charge >= 0.3 is 12.1 Å². The molecule has 0 aliphatic carbocycles. The largest absolute Gasteiger partial charge is 0.481 e. The molecule has 0 heterocycles. The Bertz CT molecular complexity index is 350. The zero-order valence-electron chi connectivity index (χ0n) is 13.0. The number of aliphatic carboxylic acids is 1. The molecule has 2 amide bonds. The fraction of sp³-hybridized carbons (Fsp3) is 0.786. The van der Waals surface area contributed by atoms with Crippen LogP contribution in [0.1, 0.15) is 52.9 Å². The van der Waals surface area contributed by atoms with E-state index in [2.05, 4.69) is 10.6 Å². The molecule has 0 bridgehead atoms. The lowest BCUT2D eigenvalue weighted by atomic mass is 10.2. The molecular formula is C14H26N2O5. The monoisotopic (exact) mass is 302 g/mol. The number of carboxylic acid groups (broad SMARTS) is 1. The Labute approximate surface area is 125 Å². The van der Waals surface area contributed by atoms with Gasteiger partial charge in [0.05, 0.1) is 0 Å². The fourth-order valence-corrected chi connectivity index (χ4v) is 1.47. The van der Waals surface area contributed by atoms with Crippen LogP contribution in [0.5, 0.6) is 0 Å². The Morgan fingerprint density at radius 1 is 0.952 bits per heavy atom. The van der Waals surface area contributed by atoms with E-state index in [1.54, 1.807) is 20.8 Å². The van der Waals surface area contributed by atoms with Crippen LogP contribution < -0.4 is 10.6 Å². The Morgan fingerprint density at radius 2 is 1.57 bits per heavy atom. The van der Waals surface area contributed by atoms with Crippen LogP contribution in [0.3, 0.4) is 0 Å². The van der Waals surface area contributed by atoms with E-state index in [-0.39, 0.29) is 12.3 Å². The summed E-state index contributed by atoms with van der Waals surface area (Å²) in [5.74, 6) is -0.925. The number of hydrogen-bond donors (Lipinski definition) is 3. The predicted molar refractivity (Wildman–Crippen MR) is 78.0 cm³/mol. The SMILES string of the molecule is CC(C)(C)OC(=O)NCCCC(=O)NCCCCC(=O)O. The lowest BCUT2D eigenvalue weighted by Crippen LogP contribution is -2.33. The fourth-order valence-electron chi connectivity index (χ4n) is 1.47. The third-order valence-corrected chi connectivity index (χ3v) is 2.39. The molecule has 0 aliphatic heterocycles. The van der Waals surface area contributed by atoms with Gasteiger partial charge in [-0.15, -0.1) is 0 Å². The van der Waals surface area contributed by atoms with Gasteiger partial charge in [0, 0.05) is 25.9 Å². The number of unbranched alkanes of at least 4 members (excludes halogenated alkanes) is 1. The quantitative estimate of drug-likeness (QED) is 0.562. The second kappa shape index (κ2) is 10.0. The van der Waals surface area contributed by atoms with Gasteiger partial charge in [-0.2, -0.15) is 0 Å². The molecular weight excluding hydrogens is 276 g/mol. The van der Waals surface area contributed by atoms with Crippen LogP contribution in [0.25, 0.3) is 0 Å². The number of nitrogens with one attached hydrogen (secondary N) is 2. The predicted octanol–water partition coefficient (Wildman–Crippen LogP) is 1.66. The van der Waals surface area contributed by atoms with Crippen LogP contribution in [0, 0.1) is 0 Å². The van der Waals surface area contributed by atoms with Crippen LogP contribution in [-0.2, 0) is 14.3 Å². The Morgan fingerprint density at radius 3 is 2.14 bits per heavy atom. The number of hydrogen-bond acceptors (Lipinski definition) is 4. The average molecular weight is 302 g/mol. The van der Waals surface area contributed by atoms with Crippen molar-refractivity contribution in [2.45, 2.75) is 58.5 Å². The molecule has 0 saturated heterocycles. The van der Waals surface area contributed by atoms with Crippen molar-refractivity contribution in [2.24, 2.45) is 0 Å². The molecule has 0 spiro atoms. The van der Waals surface area contributed by atoms with Gasteiger partial charge in [0.25, 0.3) is 0 Å². The number of alkyl carbamates (subject to hydrolysis) is 1. The molecule has 0 aliphatic rings. The Balaban J connectivity index is 3.49. The second-order valence-electron chi connectivity index (χ2n) is 5.73. The van der Waals surface area contributed by atoms with Gasteiger partial charge in [-0.1, -0.05) is 0 Å². The molecule has 0 radical (unpaired) electrons. The average Bonchev–Trinajstić information content (AvgIpc) is 2.31. The van der Waals surface area contributed by atoms with Crippen molar-refractivity contribution in [3.63, 3.8) is 0 Å². The van der Waals surface area contributed by atoms with Gasteiger partial charge in [0.2, 0.25) is 5.91 Å². The minimum absolute atomic E-state index is 0.101. The smallest absolute Gasteiger partial charge is 0.407 e. The van der Waals surface area contributed by atoms with Crippen molar-refractivity contribution in [1.29, 1.82) is 0 Å². The Hall–Kier alpha value is -1.79. The van der Waals surface area contributed by atoms with Crippen molar-refractivity contribution in [3.8, 4) is 0 Å². The molecule has 0 aromatic rings. The van der Waals surface area contributed by atoms with Crippen molar-refractivity contribution in [1.82, 2.24) is 10.6 Å². The summed E-state index contributed by atoms with van der Waals surface area (Å²) in [6.07, 6.45) is 1.67. The molecule has 21 heavy (non-hydrogen) atoms. The van der Waals surface area contributed by atoms with E-state index in [4.69, 9.17) is 9.84 Å². The van der Waals surface area contributed by atoms with E-state index in [9.17, 15) is 14.4 Å². The Kier molecular flexibility index (Phi) is 9.16. The number of carboxylic acids is 1. The van der Waals surface area contributed by atoms with Gasteiger partial charge in [0.1, 0.15) is 5.60 Å². The summed E-state index contributed by atoms with van der Waals surface area (Å²) in [4.78, 5) is 33.0. The van der Waals surface area contributed by atoms with Gasteiger partial charge in [-0.25, -0.2) is 4.79 Å². The highest BCUT2D eigenvalue weighted by molar-refractivity contribution is 5.75. The molecule has 3 N–H and O–H groups in total. The number of carbonyl (C=O) groups excluding carboxylic acids is 2. The first kappa shape index (κ1) is 19.2. The standard InChI is InChI=1S/C14H26N2O5/c1-14(2,3)21-13(20)16-10-6-7-11(17)15-9-5-4-8-12(18)19/h4-10H2,1-3H3,(H,15,17)(H,16,20)(H,18,19). The van der Waals surface area contributed by atoms with Crippen LogP contribution in [0.15, 0.2) is 0 Å². The number of amides is 2. The lowest BCUT2D eigenvalue weighted by molar-refractivity contribution is -0.137. The van der Waals surface area contributed by atoms with Gasteiger partial charge in [-0.3, -0.25) is 9.59 Å². The summed E-state index contributed by atoms with van der Waals surface area (Å²) in [6.45, 7) is 6.20. The maximum Gasteiger partial charge on any atom is 0.407 e. The van der Waals surface area contributed by atoms with Crippen LogP contribution >= 0.6 is 0 Å². The van der Waals surface area contributed by atoms with Crippen LogP contribution in [-0.4, -0.2) is 41.8 Å². The lowest BCUT2D eigenvalue weighted by Gasteiger charge is -2.19. The molecule has 0 fully saturated rings. The van der Waals surface area contributed by atoms with Crippen LogP contribution in [0.2, 0.25) is 0 Å². The highest BCUT2D eigenvalue weighted by Gasteiger charge is 2.15. The first-order valence-corrected chi connectivity index (χ1v) is 7.16. The number of rotatable bonds is 9. The van der Waals surface area contributed by atoms with Gasteiger partial charge < -0.3 is 20.5 Å². The number of ether oxygens (including phenoxy) is 1. The molecule has 0 unspecified atom stereocenters. The number of carbonyl (C=O) groups is 3. The van der Waals surface area contributed by atoms with Crippen molar-refractivity contribution >= 4 is 18.0 Å². The summed E-state index contributed by atoms with van der Waals surface area (Å²) < 4.78 is 5.06. The summed E-state index contributed by atoms with van der Waals surface area (Å²) in [6, 6.07) is 0. The van der Waals surface area contributed by atoms with E-state index in [1.807, 2.05) is 0 Å². The molecule has 0 aromatic carbocycles. The summed E-state index contributed by atoms with van der Waals surface area (Å²) in [5.41, 5.74) is -0.530. The van der Waals surface area contributed by atoms with Crippen molar-refractivity contribution in [3.05, 3.63) is 0 Å². The maximum atomic E-state index is 11.4. The molecule has 7 nitrogen and oxygen atoms in total. The van der Waals surface area contributed by atoms with E-state index < -0.39 is 17.7 Å². The topological polar surface area (TPSA) is 105 Å². The third kappa shape index (κ3) is 14.4. The molecule has 0 rings (SSSR count). The summed E-state index contributed by atoms with van der Waals surface area (Å²) >= 11 is 0. The molecule has 0 aromatic heterocycles. The van der Waals surface area contributed by atoms with Crippen LogP contribution in [0.4, 0.5) is 4.79 Å². The normalized spacial score (nSPS) is 10.8. The first-order valence-electron chi connectivity index (χ1n) is 7.16. The van der Waals surface area contributed by atoms with Gasteiger partial charge in [-0.05, 0) is 40.0 Å².